The van der Waals surface area contributed by atoms with Crippen LogP contribution in [0.4, 0.5) is 0 Å². The molecule has 10 N–H and O–H groups in total. The number of aliphatic hydroxyl groups is 1. The van der Waals surface area contributed by atoms with Gasteiger partial charge in [-0.2, -0.15) is 12.6 Å². The van der Waals surface area contributed by atoms with Crippen LogP contribution in [-0.2, 0) is 30.4 Å². The van der Waals surface area contributed by atoms with E-state index in [0.29, 0.717) is 5.69 Å². The van der Waals surface area contributed by atoms with E-state index < -0.39 is 66.3 Å². The molecule has 14 nitrogen and oxygen atoms in total. The van der Waals surface area contributed by atoms with Gasteiger partial charge in [-0.05, 0) is 6.92 Å². The highest BCUT2D eigenvalue weighted by Crippen LogP contribution is 2.03. The van der Waals surface area contributed by atoms with E-state index in [1.54, 1.807) is 0 Å². The maximum Gasteiger partial charge on any atom is 0.327 e. The Hall–Kier alpha value is -3.17. The summed E-state index contributed by atoms with van der Waals surface area (Å²) in [5.74, 6) is -5.18. The summed E-state index contributed by atoms with van der Waals surface area (Å²) in [6, 6.07) is -5.50. The predicted molar refractivity (Wildman–Crippen MR) is 113 cm³/mol. The number of aromatic nitrogens is 2. The minimum Gasteiger partial charge on any atom is -0.480 e. The monoisotopic (exact) mass is 473 g/mol. The van der Waals surface area contributed by atoms with Crippen LogP contribution in [-0.4, -0.2) is 85.8 Å². The second-order valence-corrected chi connectivity index (χ2v) is 7.29. The van der Waals surface area contributed by atoms with Crippen LogP contribution in [0.5, 0.6) is 0 Å². The first-order valence-corrected chi connectivity index (χ1v) is 10.0. The summed E-state index contributed by atoms with van der Waals surface area (Å²) in [4.78, 5) is 66.7. The molecule has 0 fully saturated rings. The van der Waals surface area contributed by atoms with E-state index in [4.69, 9.17) is 16.6 Å². The van der Waals surface area contributed by atoms with Crippen molar-refractivity contribution in [1.82, 2.24) is 25.9 Å². The fourth-order valence-corrected chi connectivity index (χ4v) is 2.70. The van der Waals surface area contributed by atoms with Crippen molar-refractivity contribution in [3.63, 3.8) is 0 Å². The smallest absolute Gasteiger partial charge is 0.327 e. The number of hydrogen-bond acceptors (Lipinski definition) is 9. The fourth-order valence-electron chi connectivity index (χ4n) is 2.45. The summed E-state index contributed by atoms with van der Waals surface area (Å²) in [6.45, 7) is 1.26. The molecule has 1 aromatic rings. The summed E-state index contributed by atoms with van der Waals surface area (Å²) in [5.41, 5.74) is 11.1. The summed E-state index contributed by atoms with van der Waals surface area (Å²) < 4.78 is 0. The van der Waals surface area contributed by atoms with E-state index in [-0.39, 0.29) is 12.2 Å². The van der Waals surface area contributed by atoms with Gasteiger partial charge in [0.15, 0.2) is 0 Å². The molecule has 1 heterocycles. The van der Waals surface area contributed by atoms with Crippen molar-refractivity contribution in [3.05, 3.63) is 18.2 Å². The average Bonchev–Trinajstić information content (AvgIpc) is 3.22. The van der Waals surface area contributed by atoms with Crippen LogP contribution in [0.1, 0.15) is 19.0 Å². The minimum atomic E-state index is -1.50. The SMILES string of the molecule is CC(O)C(N)C(=O)NC(CC(N)=O)C(=O)NC(Cc1cnc[nH]1)C(=O)NC(CS)C(=O)O. The number of carboxylic acid groups (broad SMARTS) is 1. The van der Waals surface area contributed by atoms with E-state index >= 15 is 0 Å². The lowest BCUT2D eigenvalue weighted by atomic mass is 10.1. The molecule has 0 radical (unpaired) electrons. The first-order valence-electron chi connectivity index (χ1n) is 9.40. The number of carbonyl (C=O) groups excluding carboxylic acids is 4. The molecule has 15 heteroatoms. The topological polar surface area (TPSA) is 243 Å². The van der Waals surface area contributed by atoms with Crippen molar-refractivity contribution in [3.8, 4) is 0 Å². The number of aromatic amines is 1. The highest BCUT2D eigenvalue weighted by atomic mass is 32.1. The van der Waals surface area contributed by atoms with Crippen LogP contribution in [0.2, 0.25) is 0 Å². The Bertz CT molecular complexity index is 818. The van der Waals surface area contributed by atoms with Gasteiger partial charge in [0.2, 0.25) is 23.6 Å². The van der Waals surface area contributed by atoms with Gasteiger partial charge in [-0.25, -0.2) is 9.78 Å². The number of nitrogens with two attached hydrogens (primary N) is 2. The van der Waals surface area contributed by atoms with Crippen molar-refractivity contribution >= 4 is 42.2 Å². The summed E-state index contributed by atoms with van der Waals surface area (Å²) in [5, 5.41) is 25.4. The highest BCUT2D eigenvalue weighted by Gasteiger charge is 2.31. The van der Waals surface area contributed by atoms with Gasteiger partial charge >= 0.3 is 5.97 Å². The Balaban J connectivity index is 3.04. The molecule has 178 valence electrons. The normalized spacial score (nSPS) is 15.5. The molecule has 4 amide bonds. The van der Waals surface area contributed by atoms with E-state index in [2.05, 4.69) is 38.5 Å². The third kappa shape index (κ3) is 8.52. The molecule has 0 saturated heterocycles. The molecule has 32 heavy (non-hydrogen) atoms. The first kappa shape index (κ1) is 26.9. The minimum absolute atomic E-state index is 0.110. The number of carbonyl (C=O) groups is 5. The molecule has 0 spiro atoms. The maximum absolute atomic E-state index is 12.8. The van der Waals surface area contributed by atoms with Gasteiger partial charge in [0, 0.05) is 24.1 Å². The molecule has 5 unspecified atom stereocenters. The van der Waals surface area contributed by atoms with Crippen LogP contribution in [0.15, 0.2) is 12.5 Å². The Labute approximate surface area is 188 Å². The zero-order valence-corrected chi connectivity index (χ0v) is 18.0. The summed E-state index contributed by atoms with van der Waals surface area (Å²) >= 11 is 3.87. The van der Waals surface area contributed by atoms with E-state index in [1.165, 1.54) is 19.4 Å². The van der Waals surface area contributed by atoms with Crippen LogP contribution in [0, 0.1) is 0 Å². The lowest BCUT2D eigenvalue weighted by Crippen LogP contribution is -2.59. The number of imidazole rings is 1. The van der Waals surface area contributed by atoms with Crippen LogP contribution >= 0.6 is 12.6 Å². The lowest BCUT2D eigenvalue weighted by molar-refractivity contribution is -0.141. The molecule has 0 aromatic carbocycles. The number of amides is 4. The van der Waals surface area contributed by atoms with Gasteiger partial charge in [0.1, 0.15) is 24.2 Å². The lowest BCUT2D eigenvalue weighted by Gasteiger charge is -2.24. The third-order valence-electron chi connectivity index (χ3n) is 4.27. The van der Waals surface area contributed by atoms with Crippen LogP contribution in [0.3, 0.4) is 0 Å². The first-order chi connectivity index (χ1) is 15.0. The van der Waals surface area contributed by atoms with Gasteiger partial charge in [-0.15, -0.1) is 0 Å². The van der Waals surface area contributed by atoms with Crippen molar-refractivity contribution in [2.45, 2.75) is 50.0 Å². The number of aliphatic carboxylic acids is 1. The Morgan fingerprint density at radius 1 is 1.09 bits per heavy atom. The fraction of sp³-hybridized carbons (Fsp3) is 0.529. The third-order valence-corrected chi connectivity index (χ3v) is 4.63. The number of nitrogens with one attached hydrogen (secondary N) is 4. The number of thiol groups is 1. The summed E-state index contributed by atoms with van der Waals surface area (Å²) in [6.07, 6.45) is 0.773. The number of primary amides is 1. The molecule has 0 aliphatic rings. The van der Waals surface area contributed by atoms with Gasteiger partial charge in [-0.3, -0.25) is 19.2 Å². The molecule has 0 aliphatic carbocycles. The standard InChI is InChI=1S/C17H27N7O7S/c1-7(25)13(19)16(29)23-10(3-12(18)26)15(28)22-9(2-8-4-20-6-21-8)14(27)24-11(5-32)17(30)31/h4,6-7,9-11,13,25,32H,2-3,5,19H2,1H3,(H2,18,26)(H,20,21)(H,22,28)(H,23,29)(H,24,27)(H,30,31). The quantitative estimate of drug-likeness (QED) is 0.127. The number of nitrogens with zero attached hydrogens (tertiary/aromatic N) is 1. The van der Waals surface area contributed by atoms with E-state index in [1.807, 2.05) is 0 Å². The van der Waals surface area contributed by atoms with E-state index in [0.717, 1.165) is 0 Å². The maximum atomic E-state index is 12.8. The predicted octanol–water partition coefficient (Wildman–Crippen LogP) is -4.00. The molecular weight excluding hydrogens is 446 g/mol. The molecule has 5 atom stereocenters. The Kier molecular flexibility index (Phi) is 10.6. The number of H-pyrrole nitrogens is 1. The second kappa shape index (κ2) is 12.6. The zero-order chi connectivity index (χ0) is 24.4. The molecular formula is C17H27N7O7S. The Morgan fingerprint density at radius 2 is 1.66 bits per heavy atom. The van der Waals surface area contributed by atoms with Gasteiger partial charge in [0.25, 0.3) is 0 Å². The highest BCUT2D eigenvalue weighted by molar-refractivity contribution is 7.80. The second-order valence-electron chi connectivity index (χ2n) is 6.92. The molecule has 1 aromatic heterocycles. The van der Waals surface area contributed by atoms with Crippen molar-refractivity contribution in [1.29, 1.82) is 0 Å². The van der Waals surface area contributed by atoms with Crippen molar-refractivity contribution in [2.75, 3.05) is 5.75 Å². The van der Waals surface area contributed by atoms with Crippen LogP contribution in [0.25, 0.3) is 0 Å². The molecule has 0 bridgehead atoms. The van der Waals surface area contributed by atoms with Gasteiger partial charge < -0.3 is 42.6 Å². The molecule has 0 saturated carbocycles. The molecule has 0 aliphatic heterocycles. The number of rotatable bonds is 13. The van der Waals surface area contributed by atoms with Crippen LogP contribution < -0.4 is 27.4 Å². The Morgan fingerprint density at radius 3 is 2.12 bits per heavy atom. The van der Waals surface area contributed by atoms with Gasteiger partial charge in [0.05, 0.1) is 18.9 Å². The number of aliphatic hydroxyl groups excluding tert-OH is 1. The van der Waals surface area contributed by atoms with Crippen molar-refractivity contribution in [2.24, 2.45) is 11.5 Å². The average molecular weight is 474 g/mol. The summed E-state index contributed by atoms with van der Waals surface area (Å²) in [7, 11) is 0. The van der Waals surface area contributed by atoms with Crippen molar-refractivity contribution < 1.29 is 34.2 Å². The van der Waals surface area contributed by atoms with Gasteiger partial charge in [-0.1, -0.05) is 0 Å². The molecule has 1 rings (SSSR count). The largest absolute Gasteiger partial charge is 0.480 e. The zero-order valence-electron chi connectivity index (χ0n) is 17.1. The number of hydrogen-bond donors (Lipinski definition) is 9. The number of carboxylic acids is 1. The van der Waals surface area contributed by atoms with E-state index in [9.17, 15) is 29.1 Å².